The molecule has 4 aromatic rings. The Labute approximate surface area is 186 Å². The third kappa shape index (κ3) is 3.85. The van der Waals surface area contributed by atoms with E-state index in [4.69, 9.17) is 10.00 Å². The Balaban J connectivity index is 1.62. The van der Waals surface area contributed by atoms with E-state index >= 15 is 0 Å². The maximum Gasteiger partial charge on any atom is 0.339 e. The molecule has 0 saturated carbocycles. The first kappa shape index (κ1) is 21.3. The summed E-state index contributed by atoms with van der Waals surface area (Å²) in [5.41, 5.74) is 4.16. The van der Waals surface area contributed by atoms with E-state index in [-0.39, 0.29) is 12.4 Å². The summed E-state index contributed by atoms with van der Waals surface area (Å²) < 4.78 is 7.38. The Morgan fingerprint density at radius 3 is 2.56 bits per heavy atom. The number of nitrogens with zero attached hydrogens (tertiary/aromatic N) is 3. The normalized spacial score (nSPS) is 10.9. The molecule has 32 heavy (non-hydrogen) atoms. The number of fused-ring (bicyclic) bond motifs is 2. The minimum Gasteiger partial charge on any atom is -0.454 e. The Morgan fingerprint density at radius 2 is 1.81 bits per heavy atom. The van der Waals surface area contributed by atoms with Gasteiger partial charge in [-0.2, -0.15) is 5.26 Å². The number of rotatable bonds is 7. The molecule has 2 aromatic heterocycles. The lowest BCUT2D eigenvalue weighted by Crippen LogP contribution is -2.16. The van der Waals surface area contributed by atoms with E-state index in [1.807, 2.05) is 66.9 Å². The van der Waals surface area contributed by atoms with E-state index < -0.39 is 5.97 Å². The van der Waals surface area contributed by atoms with Crippen LogP contribution in [0.2, 0.25) is 0 Å². The van der Waals surface area contributed by atoms with Crippen LogP contribution < -0.4 is 0 Å². The number of nitriles is 1. The second-order valence-corrected chi connectivity index (χ2v) is 7.59. The van der Waals surface area contributed by atoms with E-state index in [9.17, 15) is 9.59 Å². The molecule has 2 aromatic carbocycles. The first-order chi connectivity index (χ1) is 15.5. The Bertz CT molecular complexity index is 1380. The molecule has 0 aliphatic carbocycles. The van der Waals surface area contributed by atoms with E-state index in [1.54, 1.807) is 6.20 Å². The molecule has 160 valence electrons. The van der Waals surface area contributed by atoms with Crippen LogP contribution in [0.3, 0.4) is 0 Å². The summed E-state index contributed by atoms with van der Waals surface area (Å²) in [6, 6.07) is 17.1. The molecule has 0 spiro atoms. The molecular weight excluding hydrogens is 402 g/mol. The van der Waals surface area contributed by atoms with Gasteiger partial charge in [-0.15, -0.1) is 0 Å². The molecule has 0 fully saturated rings. The highest BCUT2D eigenvalue weighted by Gasteiger charge is 2.21. The number of esters is 1. The van der Waals surface area contributed by atoms with Crippen LogP contribution in [0.25, 0.3) is 21.8 Å². The van der Waals surface area contributed by atoms with Crippen LogP contribution in [-0.4, -0.2) is 27.9 Å². The monoisotopic (exact) mass is 425 g/mol. The van der Waals surface area contributed by atoms with Gasteiger partial charge in [-0.3, -0.25) is 9.78 Å². The van der Waals surface area contributed by atoms with Crippen molar-refractivity contribution in [3.8, 4) is 6.07 Å². The molecule has 2 heterocycles. The van der Waals surface area contributed by atoms with Crippen LogP contribution in [0.5, 0.6) is 0 Å². The van der Waals surface area contributed by atoms with Crippen molar-refractivity contribution in [2.24, 2.45) is 0 Å². The zero-order chi connectivity index (χ0) is 22.7. The average Bonchev–Trinajstić information content (AvgIpc) is 3.19. The zero-order valence-corrected chi connectivity index (χ0v) is 18.1. The predicted octanol–water partition coefficient (Wildman–Crippen LogP) is 5.01. The van der Waals surface area contributed by atoms with Crippen LogP contribution in [0.15, 0.2) is 54.7 Å². The molecule has 0 saturated heterocycles. The van der Waals surface area contributed by atoms with Gasteiger partial charge in [0.05, 0.1) is 23.6 Å². The fourth-order valence-electron chi connectivity index (χ4n) is 4.07. The lowest BCUT2D eigenvalue weighted by Gasteiger charge is -2.13. The number of hydrogen-bond donors (Lipinski definition) is 0. The molecule has 6 heteroatoms. The minimum absolute atomic E-state index is 0.281. The topological polar surface area (TPSA) is 85.0 Å². The highest BCUT2D eigenvalue weighted by molar-refractivity contribution is 6.10. The Morgan fingerprint density at radius 1 is 1.09 bits per heavy atom. The fourth-order valence-corrected chi connectivity index (χ4v) is 4.07. The molecule has 0 unspecified atom stereocenters. The molecule has 0 bridgehead atoms. The van der Waals surface area contributed by atoms with Crippen molar-refractivity contribution in [2.75, 3.05) is 6.61 Å². The van der Waals surface area contributed by atoms with Crippen molar-refractivity contribution in [3.63, 3.8) is 0 Å². The van der Waals surface area contributed by atoms with Crippen LogP contribution in [0, 0.1) is 18.3 Å². The van der Waals surface area contributed by atoms with Gasteiger partial charge < -0.3 is 9.30 Å². The number of ketones is 1. The van der Waals surface area contributed by atoms with E-state index in [2.05, 4.69) is 11.1 Å². The molecule has 0 aliphatic rings. The molecule has 0 N–H and O–H groups in total. The molecule has 0 aliphatic heterocycles. The van der Waals surface area contributed by atoms with Gasteiger partial charge in [0.1, 0.15) is 0 Å². The minimum atomic E-state index is -0.530. The second-order valence-electron chi connectivity index (χ2n) is 7.59. The quantitative estimate of drug-likeness (QED) is 0.307. The number of carbonyl (C=O) groups excluding carboxylic acids is 2. The van der Waals surface area contributed by atoms with Crippen molar-refractivity contribution in [2.45, 2.75) is 33.2 Å². The number of Topliss-reactive ketones (excluding diaryl/α,β-unsaturated/α-hetero) is 1. The van der Waals surface area contributed by atoms with E-state index in [1.165, 1.54) is 0 Å². The van der Waals surface area contributed by atoms with Gasteiger partial charge >= 0.3 is 5.97 Å². The first-order valence-corrected chi connectivity index (χ1v) is 10.6. The van der Waals surface area contributed by atoms with Gasteiger partial charge in [-0.05, 0) is 31.0 Å². The standard InChI is InChI=1S/C26H23N3O3/c1-3-21-17(2)25(19-10-4-6-11-22(19)28-21)26(31)32-16-24(30)20-15-29(14-8-13-27)23-12-7-5-9-18(20)23/h4-7,9-12,15H,3,8,14,16H2,1-2H3. The maximum absolute atomic E-state index is 13.1. The van der Waals surface area contributed by atoms with Crippen LogP contribution >= 0.6 is 0 Å². The largest absolute Gasteiger partial charge is 0.454 e. The number of benzene rings is 2. The Kier molecular flexibility index (Phi) is 6.00. The number of ether oxygens (including phenoxy) is 1. The maximum atomic E-state index is 13.1. The number of para-hydroxylation sites is 2. The number of carbonyl (C=O) groups is 2. The van der Waals surface area contributed by atoms with Crippen molar-refractivity contribution in [1.29, 1.82) is 5.26 Å². The van der Waals surface area contributed by atoms with Crippen molar-refractivity contribution in [3.05, 3.63) is 77.1 Å². The van der Waals surface area contributed by atoms with Gasteiger partial charge in [-0.25, -0.2) is 4.79 Å². The van der Waals surface area contributed by atoms with E-state index in [0.29, 0.717) is 35.9 Å². The summed E-state index contributed by atoms with van der Waals surface area (Å²) in [4.78, 5) is 30.7. The van der Waals surface area contributed by atoms with Gasteiger partial charge in [0.25, 0.3) is 0 Å². The third-order valence-corrected chi connectivity index (χ3v) is 5.66. The summed E-state index contributed by atoms with van der Waals surface area (Å²) in [6.07, 6.45) is 2.77. The summed E-state index contributed by atoms with van der Waals surface area (Å²) in [6.45, 7) is 3.99. The molecule has 0 atom stereocenters. The first-order valence-electron chi connectivity index (χ1n) is 10.6. The lowest BCUT2D eigenvalue weighted by molar-refractivity contribution is 0.0476. The van der Waals surface area contributed by atoms with Gasteiger partial charge in [-0.1, -0.05) is 43.3 Å². The number of hydrogen-bond acceptors (Lipinski definition) is 5. The van der Waals surface area contributed by atoms with Crippen molar-refractivity contribution in [1.82, 2.24) is 9.55 Å². The summed E-state index contributed by atoms with van der Waals surface area (Å²) in [7, 11) is 0. The summed E-state index contributed by atoms with van der Waals surface area (Å²) in [5, 5.41) is 10.4. The fraction of sp³-hybridized carbons (Fsp3) is 0.231. The SMILES string of the molecule is CCc1nc2ccccc2c(C(=O)OCC(=O)c2cn(CCC#N)c3ccccc23)c1C. The molecule has 6 nitrogen and oxygen atoms in total. The number of pyridine rings is 1. The molecule has 0 radical (unpaired) electrons. The smallest absolute Gasteiger partial charge is 0.339 e. The van der Waals surface area contributed by atoms with Crippen LogP contribution in [0.4, 0.5) is 0 Å². The summed E-state index contributed by atoms with van der Waals surface area (Å²) >= 11 is 0. The second kappa shape index (κ2) is 9.03. The number of aromatic nitrogens is 2. The van der Waals surface area contributed by atoms with Gasteiger partial charge in [0.15, 0.2) is 6.61 Å². The van der Waals surface area contributed by atoms with Crippen molar-refractivity contribution >= 4 is 33.6 Å². The zero-order valence-electron chi connectivity index (χ0n) is 18.1. The van der Waals surface area contributed by atoms with Gasteiger partial charge in [0.2, 0.25) is 5.78 Å². The van der Waals surface area contributed by atoms with Gasteiger partial charge in [0, 0.05) is 40.3 Å². The molecule has 4 rings (SSSR count). The highest BCUT2D eigenvalue weighted by Crippen LogP contribution is 2.25. The van der Waals surface area contributed by atoms with E-state index in [0.717, 1.165) is 27.7 Å². The third-order valence-electron chi connectivity index (χ3n) is 5.66. The molecule has 0 amide bonds. The molecular formula is C26H23N3O3. The lowest BCUT2D eigenvalue weighted by atomic mass is 10.0. The Hall–Kier alpha value is -3.98. The van der Waals surface area contributed by atoms with Crippen LogP contribution in [0.1, 0.15) is 45.3 Å². The summed E-state index contributed by atoms with van der Waals surface area (Å²) in [5.74, 6) is -0.811. The van der Waals surface area contributed by atoms with Crippen LogP contribution in [-0.2, 0) is 17.7 Å². The predicted molar refractivity (Wildman–Crippen MR) is 123 cm³/mol. The average molecular weight is 425 g/mol. The number of aryl methyl sites for hydroxylation is 2. The highest BCUT2D eigenvalue weighted by atomic mass is 16.5. The van der Waals surface area contributed by atoms with Crippen molar-refractivity contribution < 1.29 is 14.3 Å².